The van der Waals surface area contributed by atoms with Gasteiger partial charge in [0.05, 0.1) is 6.21 Å². The smallest absolute Gasteiger partial charge is 0.271 e. The lowest BCUT2D eigenvalue weighted by atomic mass is 10.1. The van der Waals surface area contributed by atoms with E-state index >= 15 is 0 Å². The summed E-state index contributed by atoms with van der Waals surface area (Å²) in [5.74, 6) is 0.0646. The zero-order valence-electron chi connectivity index (χ0n) is 17.8. The van der Waals surface area contributed by atoms with Crippen molar-refractivity contribution in [3.8, 4) is 5.75 Å². The van der Waals surface area contributed by atoms with E-state index in [9.17, 15) is 9.59 Å². The van der Waals surface area contributed by atoms with E-state index in [0.29, 0.717) is 11.3 Å². The molecule has 6 heteroatoms. The van der Waals surface area contributed by atoms with Crippen LogP contribution in [0.5, 0.6) is 5.75 Å². The number of rotatable bonds is 7. The number of hydrazone groups is 1. The minimum absolute atomic E-state index is 0.0903. The average molecular weight is 415 g/mol. The van der Waals surface area contributed by atoms with Gasteiger partial charge >= 0.3 is 0 Å². The number of benzene rings is 3. The highest BCUT2D eigenvalue weighted by molar-refractivity contribution is 5.95. The first-order valence-corrected chi connectivity index (χ1v) is 9.91. The Bertz CT molecular complexity index is 1090. The lowest BCUT2D eigenvalue weighted by molar-refractivity contribution is -0.118. The second-order valence-corrected chi connectivity index (χ2v) is 7.27. The molecule has 0 saturated carbocycles. The van der Waals surface area contributed by atoms with E-state index < -0.39 is 0 Å². The molecule has 2 N–H and O–H groups in total. The fourth-order valence-electron chi connectivity index (χ4n) is 2.75. The van der Waals surface area contributed by atoms with Crippen LogP contribution >= 0.6 is 0 Å². The average Bonchev–Trinajstić information content (AvgIpc) is 2.76. The Morgan fingerprint density at radius 3 is 2.29 bits per heavy atom. The first-order valence-electron chi connectivity index (χ1n) is 9.91. The fourth-order valence-corrected chi connectivity index (χ4v) is 2.75. The van der Waals surface area contributed by atoms with E-state index in [0.717, 1.165) is 22.4 Å². The number of carbonyl (C=O) groups excluding carboxylic acids is 2. The maximum absolute atomic E-state index is 12.1. The number of carbonyl (C=O) groups is 2. The van der Waals surface area contributed by atoms with Gasteiger partial charge in [0.25, 0.3) is 11.8 Å². The molecule has 0 heterocycles. The maximum Gasteiger partial charge on any atom is 0.271 e. The summed E-state index contributed by atoms with van der Waals surface area (Å²) in [4.78, 5) is 24.1. The van der Waals surface area contributed by atoms with Crippen molar-refractivity contribution in [1.82, 2.24) is 5.43 Å². The van der Waals surface area contributed by atoms with E-state index in [1.807, 2.05) is 51.1 Å². The lowest BCUT2D eigenvalue weighted by Crippen LogP contribution is -2.20. The normalized spacial score (nSPS) is 10.7. The van der Waals surface area contributed by atoms with Crippen molar-refractivity contribution in [3.05, 3.63) is 94.5 Å². The monoisotopic (exact) mass is 415 g/mol. The Labute approximate surface area is 182 Å². The highest BCUT2D eigenvalue weighted by Crippen LogP contribution is 2.15. The molecule has 0 fully saturated rings. The lowest BCUT2D eigenvalue weighted by Gasteiger charge is -2.09. The quantitative estimate of drug-likeness (QED) is 0.444. The number of hydrogen-bond acceptors (Lipinski definition) is 4. The molecular formula is C25H25N3O3. The van der Waals surface area contributed by atoms with Gasteiger partial charge in [-0.15, -0.1) is 0 Å². The molecule has 3 aromatic rings. The van der Waals surface area contributed by atoms with Crippen LogP contribution in [-0.4, -0.2) is 24.6 Å². The molecule has 0 atom stereocenters. The first kappa shape index (κ1) is 21.8. The number of nitrogens with one attached hydrogen (secondary N) is 2. The number of ether oxygens (including phenoxy) is 1. The van der Waals surface area contributed by atoms with Crippen LogP contribution in [0, 0.1) is 20.8 Å². The van der Waals surface area contributed by atoms with Gasteiger partial charge in [0, 0.05) is 11.3 Å². The van der Waals surface area contributed by atoms with Crippen molar-refractivity contribution in [2.45, 2.75) is 20.8 Å². The topological polar surface area (TPSA) is 79.8 Å². The number of hydrogen-bond donors (Lipinski definition) is 2. The Balaban J connectivity index is 1.46. The Morgan fingerprint density at radius 2 is 1.61 bits per heavy atom. The molecule has 6 nitrogen and oxygen atoms in total. The van der Waals surface area contributed by atoms with Crippen molar-refractivity contribution in [1.29, 1.82) is 0 Å². The Morgan fingerprint density at radius 1 is 0.903 bits per heavy atom. The van der Waals surface area contributed by atoms with E-state index in [4.69, 9.17) is 4.74 Å². The second kappa shape index (κ2) is 10.2. The van der Waals surface area contributed by atoms with Gasteiger partial charge < -0.3 is 10.1 Å². The van der Waals surface area contributed by atoms with Gasteiger partial charge in [-0.2, -0.15) is 5.10 Å². The minimum Gasteiger partial charge on any atom is -0.484 e. The number of nitrogens with zero attached hydrogens (tertiary/aromatic N) is 1. The molecule has 3 rings (SSSR count). The van der Waals surface area contributed by atoms with Crippen LogP contribution in [0.1, 0.15) is 32.6 Å². The summed E-state index contributed by atoms with van der Waals surface area (Å²) in [6, 6.07) is 20.1. The van der Waals surface area contributed by atoms with Gasteiger partial charge in [-0.3, -0.25) is 9.59 Å². The molecular weight excluding hydrogens is 390 g/mol. The number of anilines is 1. The molecule has 0 aromatic heterocycles. The summed E-state index contributed by atoms with van der Waals surface area (Å²) in [5, 5.41) is 6.80. The van der Waals surface area contributed by atoms with Crippen molar-refractivity contribution in [3.63, 3.8) is 0 Å². The van der Waals surface area contributed by atoms with Crippen molar-refractivity contribution >= 4 is 23.7 Å². The van der Waals surface area contributed by atoms with Crippen LogP contribution in [0.2, 0.25) is 0 Å². The summed E-state index contributed by atoms with van der Waals surface area (Å²) >= 11 is 0. The van der Waals surface area contributed by atoms with Gasteiger partial charge in [-0.25, -0.2) is 5.43 Å². The number of aryl methyl sites for hydroxylation is 3. The molecule has 0 aliphatic rings. The molecule has 0 radical (unpaired) electrons. The van der Waals surface area contributed by atoms with E-state index in [2.05, 4.69) is 15.8 Å². The molecule has 2 amide bonds. The summed E-state index contributed by atoms with van der Waals surface area (Å²) in [5.41, 5.74) is 7.96. The Kier molecular flexibility index (Phi) is 7.17. The Hall–Kier alpha value is -3.93. The van der Waals surface area contributed by atoms with Crippen molar-refractivity contribution in [2.24, 2.45) is 5.10 Å². The third kappa shape index (κ3) is 6.54. The van der Waals surface area contributed by atoms with E-state index in [1.165, 1.54) is 5.56 Å². The highest BCUT2D eigenvalue weighted by Gasteiger charge is 2.05. The highest BCUT2D eigenvalue weighted by atomic mass is 16.5. The van der Waals surface area contributed by atoms with Crippen LogP contribution in [0.15, 0.2) is 71.8 Å². The molecule has 0 aliphatic heterocycles. The summed E-state index contributed by atoms with van der Waals surface area (Å²) in [7, 11) is 0. The zero-order valence-corrected chi connectivity index (χ0v) is 17.8. The summed E-state index contributed by atoms with van der Waals surface area (Å²) in [6.45, 7) is 5.90. The third-order valence-corrected chi connectivity index (χ3v) is 4.73. The minimum atomic E-state index is -0.272. The molecule has 0 aliphatic carbocycles. The third-order valence-electron chi connectivity index (χ3n) is 4.73. The standard InChI is InChI=1S/C25H25N3O3/c1-17-4-9-21(10-5-17)25(30)28-26-15-20-7-12-23(13-8-20)31-16-24(29)27-22-11-6-18(2)19(3)14-22/h4-15H,16H2,1-3H3,(H,27,29)(H,28,30)/b26-15+. The molecule has 0 spiro atoms. The molecule has 0 saturated heterocycles. The van der Waals surface area contributed by atoms with Gasteiger partial charge in [0.2, 0.25) is 0 Å². The predicted molar refractivity (Wildman–Crippen MR) is 123 cm³/mol. The van der Waals surface area contributed by atoms with Crippen LogP contribution in [0.25, 0.3) is 0 Å². The van der Waals surface area contributed by atoms with Gasteiger partial charge in [0.15, 0.2) is 6.61 Å². The largest absolute Gasteiger partial charge is 0.484 e. The van der Waals surface area contributed by atoms with Crippen LogP contribution in [-0.2, 0) is 4.79 Å². The summed E-state index contributed by atoms with van der Waals surface area (Å²) in [6.07, 6.45) is 1.54. The number of amides is 2. The van der Waals surface area contributed by atoms with Crippen LogP contribution < -0.4 is 15.5 Å². The van der Waals surface area contributed by atoms with Crippen LogP contribution in [0.4, 0.5) is 5.69 Å². The van der Waals surface area contributed by atoms with E-state index in [-0.39, 0.29) is 18.4 Å². The maximum atomic E-state index is 12.1. The van der Waals surface area contributed by atoms with Gasteiger partial charge in [-0.05, 0) is 86.0 Å². The van der Waals surface area contributed by atoms with Crippen molar-refractivity contribution < 1.29 is 14.3 Å². The zero-order chi connectivity index (χ0) is 22.2. The molecule has 0 unspecified atom stereocenters. The van der Waals surface area contributed by atoms with Crippen molar-refractivity contribution in [2.75, 3.05) is 11.9 Å². The fraction of sp³-hybridized carbons (Fsp3) is 0.160. The molecule has 3 aromatic carbocycles. The van der Waals surface area contributed by atoms with Gasteiger partial charge in [0.1, 0.15) is 5.75 Å². The summed E-state index contributed by atoms with van der Waals surface area (Å²) < 4.78 is 5.53. The predicted octanol–water partition coefficient (Wildman–Crippen LogP) is 4.39. The molecule has 31 heavy (non-hydrogen) atoms. The van der Waals surface area contributed by atoms with Gasteiger partial charge in [-0.1, -0.05) is 23.8 Å². The first-order chi connectivity index (χ1) is 14.9. The molecule has 158 valence electrons. The van der Waals surface area contributed by atoms with Crippen LogP contribution in [0.3, 0.4) is 0 Å². The molecule has 0 bridgehead atoms. The SMILES string of the molecule is Cc1ccc(C(=O)N/N=C/c2ccc(OCC(=O)Nc3ccc(C)c(C)c3)cc2)cc1. The van der Waals surface area contributed by atoms with E-state index in [1.54, 1.807) is 42.6 Å². The second-order valence-electron chi connectivity index (χ2n) is 7.27.